The van der Waals surface area contributed by atoms with Gasteiger partial charge in [-0.15, -0.1) is 0 Å². The van der Waals surface area contributed by atoms with Crippen LogP contribution in [0.3, 0.4) is 0 Å². The molecule has 1 N–H and O–H groups in total. The van der Waals surface area contributed by atoms with Crippen molar-refractivity contribution in [3.8, 4) is 0 Å². The predicted octanol–water partition coefficient (Wildman–Crippen LogP) is 3.85. The molecule has 3 rings (SSSR count). The van der Waals surface area contributed by atoms with E-state index in [4.69, 9.17) is 0 Å². The average Bonchev–Trinajstić information content (AvgIpc) is 2.65. The van der Waals surface area contributed by atoms with Gasteiger partial charge in [0.15, 0.2) is 5.43 Å². The first kappa shape index (κ1) is 17.2. The fourth-order valence-electron chi connectivity index (χ4n) is 3.23. The van der Waals surface area contributed by atoms with Crippen LogP contribution in [0.25, 0.3) is 21.8 Å². The Bertz CT molecular complexity index is 883. The fourth-order valence-corrected chi connectivity index (χ4v) is 3.23. The Balaban J connectivity index is 1.90. The summed E-state index contributed by atoms with van der Waals surface area (Å²) in [6.45, 7) is 3.09. The molecule has 4 heteroatoms. The van der Waals surface area contributed by atoms with E-state index in [1.807, 2.05) is 53.1 Å². The molecular formula is C21H24N2O2. The topological polar surface area (TPSA) is 51.1 Å². The van der Waals surface area contributed by atoms with Crippen LogP contribution in [0, 0.1) is 0 Å². The van der Waals surface area contributed by atoms with Gasteiger partial charge in [-0.1, -0.05) is 50.5 Å². The second-order valence-corrected chi connectivity index (χ2v) is 6.36. The van der Waals surface area contributed by atoms with Crippen LogP contribution in [0.15, 0.2) is 53.3 Å². The molecule has 3 aromatic rings. The molecule has 0 radical (unpaired) electrons. The molecule has 0 unspecified atom stereocenters. The Kier molecular flexibility index (Phi) is 5.49. The second kappa shape index (κ2) is 7.97. The van der Waals surface area contributed by atoms with Crippen molar-refractivity contribution in [1.82, 2.24) is 9.88 Å². The molecular weight excluding hydrogens is 312 g/mol. The van der Waals surface area contributed by atoms with Crippen LogP contribution >= 0.6 is 0 Å². The van der Waals surface area contributed by atoms with Gasteiger partial charge in [0.05, 0.1) is 11.0 Å². The molecule has 130 valence electrons. The van der Waals surface area contributed by atoms with Gasteiger partial charge in [-0.3, -0.25) is 9.59 Å². The van der Waals surface area contributed by atoms with Crippen LogP contribution in [0.4, 0.5) is 0 Å². The number of para-hydroxylation sites is 2. The number of fused-ring (bicyclic) bond motifs is 2. The Morgan fingerprint density at radius 2 is 1.52 bits per heavy atom. The van der Waals surface area contributed by atoms with Crippen LogP contribution < -0.4 is 10.7 Å². The number of unbranched alkanes of at least 4 members (excludes halogenated alkanes) is 3. The van der Waals surface area contributed by atoms with Crippen molar-refractivity contribution in [2.75, 3.05) is 6.54 Å². The molecule has 0 spiro atoms. The number of hydrogen-bond acceptors (Lipinski definition) is 2. The normalized spacial score (nSPS) is 11.1. The summed E-state index contributed by atoms with van der Waals surface area (Å²) in [4.78, 5) is 25.1. The van der Waals surface area contributed by atoms with Gasteiger partial charge in [0.1, 0.15) is 6.54 Å². The summed E-state index contributed by atoms with van der Waals surface area (Å²) in [5.74, 6) is -0.0181. The number of amides is 1. The number of nitrogens with zero attached hydrogens (tertiary/aromatic N) is 1. The zero-order valence-electron chi connectivity index (χ0n) is 14.6. The van der Waals surface area contributed by atoms with Crippen LogP contribution in [-0.2, 0) is 11.3 Å². The lowest BCUT2D eigenvalue weighted by molar-refractivity contribution is -0.121. The van der Waals surface area contributed by atoms with Crippen LogP contribution in [-0.4, -0.2) is 17.0 Å². The third-order valence-corrected chi connectivity index (χ3v) is 4.53. The quantitative estimate of drug-likeness (QED) is 0.526. The summed E-state index contributed by atoms with van der Waals surface area (Å²) >= 11 is 0. The molecule has 1 amide bonds. The molecule has 0 aliphatic rings. The third-order valence-electron chi connectivity index (χ3n) is 4.53. The molecule has 2 aromatic carbocycles. The van der Waals surface area contributed by atoms with Crippen molar-refractivity contribution in [3.63, 3.8) is 0 Å². The largest absolute Gasteiger partial charge is 0.355 e. The van der Waals surface area contributed by atoms with Gasteiger partial charge in [-0.25, -0.2) is 0 Å². The van der Waals surface area contributed by atoms with Gasteiger partial charge < -0.3 is 9.88 Å². The number of benzene rings is 2. The minimum Gasteiger partial charge on any atom is -0.355 e. The van der Waals surface area contributed by atoms with E-state index in [0.29, 0.717) is 17.3 Å². The van der Waals surface area contributed by atoms with Crippen LogP contribution in [0.5, 0.6) is 0 Å². The molecule has 0 aliphatic carbocycles. The predicted molar refractivity (Wildman–Crippen MR) is 103 cm³/mol. The van der Waals surface area contributed by atoms with E-state index in [2.05, 4.69) is 12.2 Å². The van der Waals surface area contributed by atoms with Crippen molar-refractivity contribution >= 4 is 27.7 Å². The van der Waals surface area contributed by atoms with E-state index in [1.54, 1.807) is 0 Å². The first-order chi connectivity index (χ1) is 12.2. The zero-order valence-corrected chi connectivity index (χ0v) is 14.6. The van der Waals surface area contributed by atoms with Crippen molar-refractivity contribution in [3.05, 3.63) is 58.8 Å². The molecule has 0 saturated heterocycles. The molecule has 0 aliphatic heterocycles. The standard InChI is InChI=1S/C21H24N2O2/c1-2-3-4-9-14-22-20(24)15-23-18-12-7-5-10-16(18)21(25)17-11-6-8-13-19(17)23/h5-8,10-13H,2-4,9,14-15H2,1H3,(H,22,24). The van der Waals surface area contributed by atoms with Crippen molar-refractivity contribution < 1.29 is 4.79 Å². The van der Waals surface area contributed by atoms with Crippen molar-refractivity contribution in [2.24, 2.45) is 0 Å². The lowest BCUT2D eigenvalue weighted by atomic mass is 10.1. The molecule has 0 atom stereocenters. The molecule has 4 nitrogen and oxygen atoms in total. The molecule has 0 saturated carbocycles. The maximum atomic E-state index is 12.7. The summed E-state index contributed by atoms with van der Waals surface area (Å²) in [7, 11) is 0. The Labute approximate surface area is 147 Å². The maximum Gasteiger partial charge on any atom is 0.239 e. The fraction of sp³-hybridized carbons (Fsp3) is 0.333. The summed E-state index contributed by atoms with van der Waals surface area (Å²) in [5, 5.41) is 4.30. The van der Waals surface area contributed by atoms with Gasteiger partial charge >= 0.3 is 0 Å². The smallest absolute Gasteiger partial charge is 0.239 e. The molecule has 1 heterocycles. The van der Waals surface area contributed by atoms with E-state index in [1.165, 1.54) is 12.8 Å². The van der Waals surface area contributed by atoms with E-state index >= 15 is 0 Å². The zero-order chi connectivity index (χ0) is 17.6. The summed E-state index contributed by atoms with van der Waals surface area (Å²) < 4.78 is 1.94. The van der Waals surface area contributed by atoms with Gasteiger partial charge in [-0.2, -0.15) is 0 Å². The van der Waals surface area contributed by atoms with Crippen LogP contribution in [0.2, 0.25) is 0 Å². The number of carbonyl (C=O) groups excluding carboxylic acids is 1. The first-order valence-electron chi connectivity index (χ1n) is 8.99. The lowest BCUT2D eigenvalue weighted by Gasteiger charge is -2.15. The number of nitrogens with one attached hydrogen (secondary N) is 1. The summed E-state index contributed by atoms with van der Waals surface area (Å²) in [6.07, 6.45) is 4.53. The maximum absolute atomic E-state index is 12.7. The highest BCUT2D eigenvalue weighted by Crippen LogP contribution is 2.18. The highest BCUT2D eigenvalue weighted by Gasteiger charge is 2.12. The SMILES string of the molecule is CCCCCCNC(=O)Cn1c2ccccc2c(=O)c2ccccc21. The lowest BCUT2D eigenvalue weighted by Crippen LogP contribution is -2.29. The number of rotatable bonds is 7. The minimum absolute atomic E-state index is 0.0161. The number of pyridine rings is 1. The number of carbonyl (C=O) groups is 1. The van der Waals surface area contributed by atoms with E-state index in [-0.39, 0.29) is 17.9 Å². The van der Waals surface area contributed by atoms with E-state index in [0.717, 1.165) is 23.9 Å². The molecule has 25 heavy (non-hydrogen) atoms. The highest BCUT2D eigenvalue weighted by molar-refractivity contribution is 5.94. The Hall–Kier alpha value is -2.62. The number of aromatic nitrogens is 1. The second-order valence-electron chi connectivity index (χ2n) is 6.36. The van der Waals surface area contributed by atoms with Gasteiger partial charge in [0, 0.05) is 17.3 Å². The average molecular weight is 336 g/mol. The monoisotopic (exact) mass is 336 g/mol. The molecule has 0 fully saturated rings. The first-order valence-corrected chi connectivity index (χ1v) is 8.99. The van der Waals surface area contributed by atoms with Crippen molar-refractivity contribution in [2.45, 2.75) is 39.2 Å². The summed E-state index contributed by atoms with van der Waals surface area (Å²) in [5.41, 5.74) is 1.61. The number of hydrogen-bond donors (Lipinski definition) is 1. The van der Waals surface area contributed by atoms with E-state index < -0.39 is 0 Å². The minimum atomic E-state index is -0.0181. The van der Waals surface area contributed by atoms with E-state index in [9.17, 15) is 9.59 Å². The highest BCUT2D eigenvalue weighted by atomic mass is 16.2. The van der Waals surface area contributed by atoms with Crippen molar-refractivity contribution in [1.29, 1.82) is 0 Å². The molecule has 0 bridgehead atoms. The van der Waals surface area contributed by atoms with Crippen LogP contribution in [0.1, 0.15) is 32.6 Å². The van der Waals surface area contributed by atoms with Gasteiger partial charge in [0.25, 0.3) is 0 Å². The molecule has 1 aromatic heterocycles. The Morgan fingerprint density at radius 1 is 0.920 bits per heavy atom. The van der Waals surface area contributed by atoms with Gasteiger partial charge in [0.2, 0.25) is 5.91 Å². The summed E-state index contributed by atoms with van der Waals surface area (Å²) in [6, 6.07) is 15.0. The third kappa shape index (κ3) is 3.73. The van der Waals surface area contributed by atoms with Gasteiger partial charge in [-0.05, 0) is 30.7 Å². The Morgan fingerprint density at radius 3 is 2.12 bits per heavy atom.